The minimum atomic E-state index is 0.319. The Hall–Kier alpha value is -1.24. The lowest BCUT2D eigenvalue weighted by Gasteiger charge is -2.31. The second-order valence-electron chi connectivity index (χ2n) is 5.39. The van der Waals surface area contributed by atoms with Crippen molar-refractivity contribution in [3.63, 3.8) is 0 Å². The predicted octanol–water partition coefficient (Wildman–Crippen LogP) is 2.02. The van der Waals surface area contributed by atoms with Gasteiger partial charge in [-0.25, -0.2) is 9.97 Å². The first-order chi connectivity index (χ1) is 10.2. The van der Waals surface area contributed by atoms with Crippen molar-refractivity contribution in [3.05, 3.63) is 17.2 Å². The van der Waals surface area contributed by atoms with Gasteiger partial charge >= 0.3 is 0 Å². The highest BCUT2D eigenvalue weighted by atomic mass is 35.5. The Morgan fingerprint density at radius 3 is 3.10 bits per heavy atom. The molecule has 1 unspecified atom stereocenters. The van der Waals surface area contributed by atoms with E-state index in [2.05, 4.69) is 20.0 Å². The number of nitrogens with zero attached hydrogens (tertiary/aromatic N) is 5. The molecule has 7 heteroatoms. The minimum Gasteiger partial charge on any atom is -0.377 e. The Morgan fingerprint density at radius 2 is 2.29 bits per heavy atom. The molecule has 1 aliphatic rings. The fourth-order valence-corrected chi connectivity index (χ4v) is 3.06. The van der Waals surface area contributed by atoms with Crippen LogP contribution in [0.1, 0.15) is 25.6 Å². The Morgan fingerprint density at radius 1 is 1.43 bits per heavy atom. The molecule has 2 aromatic rings. The molecule has 0 spiro atoms. The highest BCUT2D eigenvalue weighted by molar-refractivity contribution is 6.33. The molecule has 0 aliphatic carbocycles. The highest BCUT2D eigenvalue weighted by Crippen LogP contribution is 2.21. The Labute approximate surface area is 129 Å². The van der Waals surface area contributed by atoms with Crippen molar-refractivity contribution < 1.29 is 4.74 Å². The number of piperidine rings is 1. The van der Waals surface area contributed by atoms with E-state index in [4.69, 9.17) is 16.3 Å². The number of ether oxygens (including phenoxy) is 1. The van der Waals surface area contributed by atoms with Crippen molar-refractivity contribution in [2.45, 2.75) is 32.4 Å². The summed E-state index contributed by atoms with van der Waals surface area (Å²) in [5.74, 6) is 0.744. The molecule has 1 aliphatic heterocycles. The lowest BCUT2D eigenvalue weighted by Crippen LogP contribution is -2.39. The first kappa shape index (κ1) is 14.7. The second-order valence-corrected chi connectivity index (χ2v) is 5.75. The van der Waals surface area contributed by atoms with Gasteiger partial charge in [0.25, 0.3) is 0 Å². The summed E-state index contributed by atoms with van der Waals surface area (Å²) in [6, 6.07) is 0. The van der Waals surface area contributed by atoms with Crippen LogP contribution in [0.5, 0.6) is 0 Å². The number of halogens is 1. The number of rotatable bonds is 4. The summed E-state index contributed by atoms with van der Waals surface area (Å²) in [6.07, 6.45) is 4.30. The van der Waals surface area contributed by atoms with Crippen LogP contribution in [-0.4, -0.2) is 50.4 Å². The van der Waals surface area contributed by atoms with Gasteiger partial charge in [-0.05, 0) is 26.3 Å². The molecule has 0 bridgehead atoms. The van der Waals surface area contributed by atoms with E-state index in [0.29, 0.717) is 17.8 Å². The minimum absolute atomic E-state index is 0.319. The molecule has 1 saturated heterocycles. The Kier molecular flexibility index (Phi) is 4.37. The van der Waals surface area contributed by atoms with Gasteiger partial charge in [-0.1, -0.05) is 11.6 Å². The zero-order valence-electron chi connectivity index (χ0n) is 12.4. The number of hydrogen-bond donors (Lipinski definition) is 0. The number of aryl methyl sites for hydroxylation is 1. The highest BCUT2D eigenvalue weighted by Gasteiger charge is 2.21. The van der Waals surface area contributed by atoms with Crippen molar-refractivity contribution >= 4 is 22.6 Å². The first-order valence-electron chi connectivity index (χ1n) is 7.35. The summed E-state index contributed by atoms with van der Waals surface area (Å²) in [5.41, 5.74) is 0.781. The lowest BCUT2D eigenvalue weighted by atomic mass is 10.1. The molecule has 2 aromatic heterocycles. The fraction of sp³-hybridized carbons (Fsp3) is 0.643. The van der Waals surface area contributed by atoms with Crippen LogP contribution in [-0.2, 0) is 18.3 Å². The number of likely N-dealkylation sites (tertiary alicyclic amines) is 1. The normalized spacial score (nSPS) is 20.2. The van der Waals surface area contributed by atoms with Crippen LogP contribution in [0.2, 0.25) is 5.15 Å². The third kappa shape index (κ3) is 3.17. The molecular weight excluding hydrogens is 290 g/mol. The average molecular weight is 310 g/mol. The molecule has 21 heavy (non-hydrogen) atoms. The Bertz CT molecular complexity index is 627. The molecule has 1 atom stereocenters. The van der Waals surface area contributed by atoms with Crippen molar-refractivity contribution in [2.24, 2.45) is 7.05 Å². The van der Waals surface area contributed by atoms with Gasteiger partial charge in [-0.15, -0.1) is 0 Å². The van der Waals surface area contributed by atoms with E-state index in [1.54, 1.807) is 10.9 Å². The fourth-order valence-electron chi connectivity index (χ4n) is 2.83. The molecule has 0 aromatic carbocycles. The maximum absolute atomic E-state index is 6.22. The summed E-state index contributed by atoms with van der Waals surface area (Å²) < 4.78 is 7.46. The molecule has 6 nitrogen and oxygen atoms in total. The third-order valence-electron chi connectivity index (χ3n) is 3.82. The molecule has 0 radical (unpaired) electrons. The smallest absolute Gasteiger partial charge is 0.162 e. The molecular formula is C14H20ClN5O. The molecule has 3 heterocycles. The van der Waals surface area contributed by atoms with Crippen molar-refractivity contribution in [1.82, 2.24) is 24.6 Å². The summed E-state index contributed by atoms with van der Waals surface area (Å²) in [4.78, 5) is 11.3. The topological polar surface area (TPSA) is 56.1 Å². The van der Waals surface area contributed by atoms with E-state index in [1.807, 2.05) is 14.0 Å². The summed E-state index contributed by atoms with van der Waals surface area (Å²) >= 11 is 6.22. The van der Waals surface area contributed by atoms with Gasteiger partial charge in [0.1, 0.15) is 11.0 Å². The molecule has 1 fully saturated rings. The Balaban J connectivity index is 1.76. The van der Waals surface area contributed by atoms with Gasteiger partial charge < -0.3 is 4.74 Å². The summed E-state index contributed by atoms with van der Waals surface area (Å²) in [5, 5.41) is 5.45. The zero-order valence-corrected chi connectivity index (χ0v) is 13.2. The van der Waals surface area contributed by atoms with E-state index in [9.17, 15) is 0 Å². The number of fused-ring (bicyclic) bond motifs is 1. The van der Waals surface area contributed by atoms with Crippen LogP contribution in [0.3, 0.4) is 0 Å². The van der Waals surface area contributed by atoms with Crippen LogP contribution in [0.15, 0.2) is 6.20 Å². The van der Waals surface area contributed by atoms with Crippen LogP contribution in [0, 0.1) is 0 Å². The maximum atomic E-state index is 6.22. The third-order valence-corrected chi connectivity index (χ3v) is 4.11. The quantitative estimate of drug-likeness (QED) is 0.809. The van der Waals surface area contributed by atoms with Crippen molar-refractivity contribution in [3.8, 4) is 0 Å². The molecule has 0 N–H and O–H groups in total. The van der Waals surface area contributed by atoms with E-state index in [0.717, 1.165) is 49.4 Å². The predicted molar refractivity (Wildman–Crippen MR) is 81.2 cm³/mol. The molecule has 3 rings (SSSR count). The van der Waals surface area contributed by atoms with Crippen molar-refractivity contribution in [1.29, 1.82) is 0 Å². The summed E-state index contributed by atoms with van der Waals surface area (Å²) in [7, 11) is 1.86. The largest absolute Gasteiger partial charge is 0.377 e. The van der Waals surface area contributed by atoms with E-state index < -0.39 is 0 Å². The lowest BCUT2D eigenvalue weighted by molar-refractivity contribution is 0.00299. The maximum Gasteiger partial charge on any atom is 0.162 e. The van der Waals surface area contributed by atoms with Gasteiger partial charge in [0.2, 0.25) is 0 Å². The number of hydrogen-bond acceptors (Lipinski definition) is 5. The van der Waals surface area contributed by atoms with Gasteiger partial charge in [-0.2, -0.15) is 5.10 Å². The van der Waals surface area contributed by atoms with Crippen LogP contribution in [0.4, 0.5) is 0 Å². The van der Waals surface area contributed by atoms with Gasteiger partial charge in [0, 0.05) is 20.2 Å². The second kappa shape index (κ2) is 6.25. The summed E-state index contributed by atoms with van der Waals surface area (Å²) in [6.45, 7) is 5.48. The van der Waals surface area contributed by atoms with Crippen LogP contribution in [0.25, 0.3) is 11.0 Å². The van der Waals surface area contributed by atoms with E-state index in [1.165, 1.54) is 0 Å². The van der Waals surface area contributed by atoms with E-state index >= 15 is 0 Å². The average Bonchev–Trinajstić information content (AvgIpc) is 2.82. The molecule has 114 valence electrons. The van der Waals surface area contributed by atoms with Gasteiger partial charge in [0.05, 0.1) is 24.2 Å². The SMILES string of the molecule is CCOC1CCCN(Cc2nc(Cl)c3cnn(C)c3n2)C1. The van der Waals surface area contributed by atoms with Crippen LogP contribution < -0.4 is 0 Å². The number of aromatic nitrogens is 4. The monoisotopic (exact) mass is 309 g/mol. The van der Waals surface area contributed by atoms with Gasteiger partial charge in [0.15, 0.2) is 5.65 Å². The molecule has 0 amide bonds. The van der Waals surface area contributed by atoms with Gasteiger partial charge in [-0.3, -0.25) is 9.58 Å². The van der Waals surface area contributed by atoms with Crippen molar-refractivity contribution in [2.75, 3.05) is 19.7 Å². The standard InChI is InChI=1S/C14H20ClN5O/c1-3-21-10-5-4-6-20(8-10)9-12-17-13(15)11-7-16-19(2)14(11)18-12/h7,10H,3-6,8-9H2,1-2H3. The van der Waals surface area contributed by atoms with E-state index in [-0.39, 0.29) is 0 Å². The zero-order chi connectivity index (χ0) is 14.8. The van der Waals surface area contributed by atoms with Crippen LogP contribution >= 0.6 is 11.6 Å². The molecule has 0 saturated carbocycles. The first-order valence-corrected chi connectivity index (χ1v) is 7.73.